The van der Waals surface area contributed by atoms with Crippen molar-refractivity contribution in [3.63, 3.8) is 0 Å². The second-order valence-electron chi connectivity index (χ2n) is 5.76. The standard InChI is InChI=1S/C15H20N2/c1-10-13(15(2,3)9-16)12-6-4-5-11-7-8-17(10)14(11)12/h4-6H,7-9,16H2,1-3H3. The fraction of sp³-hybridized carbons (Fsp3) is 0.467. The molecule has 0 atom stereocenters. The van der Waals surface area contributed by atoms with Gasteiger partial charge >= 0.3 is 0 Å². The Morgan fingerprint density at radius 1 is 1.35 bits per heavy atom. The lowest BCUT2D eigenvalue weighted by atomic mass is 9.82. The molecular formula is C15H20N2. The first-order chi connectivity index (χ1) is 8.06. The molecule has 90 valence electrons. The van der Waals surface area contributed by atoms with Gasteiger partial charge in [-0.25, -0.2) is 0 Å². The maximum atomic E-state index is 5.95. The van der Waals surface area contributed by atoms with Crippen molar-refractivity contribution in [3.05, 3.63) is 35.0 Å². The Kier molecular flexibility index (Phi) is 2.14. The first-order valence-corrected chi connectivity index (χ1v) is 6.37. The Hall–Kier alpha value is -1.28. The molecule has 0 saturated heterocycles. The SMILES string of the molecule is Cc1c(C(C)(C)CN)c2cccc3c2n1CC3. The number of para-hydroxylation sites is 1. The molecule has 0 fully saturated rings. The van der Waals surface area contributed by atoms with Gasteiger partial charge in [0, 0.05) is 29.6 Å². The van der Waals surface area contributed by atoms with Crippen molar-refractivity contribution < 1.29 is 0 Å². The number of aryl methyl sites for hydroxylation is 2. The summed E-state index contributed by atoms with van der Waals surface area (Å²) in [4.78, 5) is 0. The summed E-state index contributed by atoms with van der Waals surface area (Å²) in [6, 6.07) is 6.69. The summed E-state index contributed by atoms with van der Waals surface area (Å²) in [5, 5.41) is 1.41. The molecule has 1 aromatic heterocycles. The van der Waals surface area contributed by atoms with Crippen LogP contribution in [0.5, 0.6) is 0 Å². The van der Waals surface area contributed by atoms with Crippen LogP contribution >= 0.6 is 0 Å². The van der Waals surface area contributed by atoms with Crippen LogP contribution in [0, 0.1) is 6.92 Å². The van der Waals surface area contributed by atoms with Crippen molar-refractivity contribution in [1.82, 2.24) is 4.57 Å². The number of nitrogens with two attached hydrogens (primary N) is 1. The molecule has 0 saturated carbocycles. The van der Waals surface area contributed by atoms with Crippen LogP contribution in [0.25, 0.3) is 10.9 Å². The summed E-state index contributed by atoms with van der Waals surface area (Å²) < 4.78 is 2.47. The zero-order valence-electron chi connectivity index (χ0n) is 10.9. The van der Waals surface area contributed by atoms with Crippen LogP contribution < -0.4 is 5.73 Å². The maximum absolute atomic E-state index is 5.95. The van der Waals surface area contributed by atoms with Gasteiger partial charge in [-0.2, -0.15) is 0 Å². The van der Waals surface area contributed by atoms with Crippen molar-refractivity contribution >= 4 is 10.9 Å². The van der Waals surface area contributed by atoms with Crippen molar-refractivity contribution in [1.29, 1.82) is 0 Å². The Labute approximate surface area is 102 Å². The molecule has 0 amide bonds. The lowest BCUT2D eigenvalue weighted by molar-refractivity contribution is 0.535. The highest BCUT2D eigenvalue weighted by Crippen LogP contribution is 2.38. The van der Waals surface area contributed by atoms with E-state index in [0.717, 1.165) is 6.54 Å². The van der Waals surface area contributed by atoms with Crippen LogP contribution in [-0.2, 0) is 18.4 Å². The number of nitrogens with zero attached hydrogens (tertiary/aromatic N) is 1. The van der Waals surface area contributed by atoms with Crippen molar-refractivity contribution in [2.24, 2.45) is 5.73 Å². The summed E-state index contributed by atoms with van der Waals surface area (Å²) in [6.45, 7) is 8.54. The van der Waals surface area contributed by atoms with E-state index in [1.54, 1.807) is 0 Å². The van der Waals surface area contributed by atoms with E-state index in [0.29, 0.717) is 6.54 Å². The quantitative estimate of drug-likeness (QED) is 0.842. The fourth-order valence-electron chi connectivity index (χ4n) is 3.28. The molecule has 2 heterocycles. The molecule has 0 unspecified atom stereocenters. The van der Waals surface area contributed by atoms with Gasteiger partial charge in [-0.1, -0.05) is 32.0 Å². The zero-order valence-corrected chi connectivity index (χ0v) is 10.9. The van der Waals surface area contributed by atoms with Crippen LogP contribution in [0.4, 0.5) is 0 Å². The number of rotatable bonds is 2. The van der Waals surface area contributed by atoms with Crippen LogP contribution in [-0.4, -0.2) is 11.1 Å². The van der Waals surface area contributed by atoms with E-state index < -0.39 is 0 Å². The molecule has 1 aliphatic heterocycles. The Bertz CT molecular complexity index is 590. The molecule has 3 rings (SSSR count). The predicted octanol–water partition coefficient (Wildman–Crippen LogP) is 2.74. The summed E-state index contributed by atoms with van der Waals surface area (Å²) >= 11 is 0. The number of hydrogen-bond donors (Lipinski definition) is 1. The van der Waals surface area contributed by atoms with E-state index in [1.807, 2.05) is 0 Å². The molecule has 0 radical (unpaired) electrons. The van der Waals surface area contributed by atoms with Gasteiger partial charge < -0.3 is 10.3 Å². The summed E-state index contributed by atoms with van der Waals surface area (Å²) in [5.41, 5.74) is 11.8. The molecule has 2 aromatic rings. The topological polar surface area (TPSA) is 30.9 Å². The van der Waals surface area contributed by atoms with E-state index in [9.17, 15) is 0 Å². The monoisotopic (exact) mass is 228 g/mol. The van der Waals surface area contributed by atoms with Gasteiger partial charge in [-0.05, 0) is 24.5 Å². The number of benzene rings is 1. The normalized spacial score (nSPS) is 14.8. The molecular weight excluding hydrogens is 208 g/mol. The minimum Gasteiger partial charge on any atom is -0.344 e. The maximum Gasteiger partial charge on any atom is 0.0518 e. The molecule has 0 spiro atoms. The zero-order chi connectivity index (χ0) is 12.2. The first-order valence-electron chi connectivity index (χ1n) is 6.37. The van der Waals surface area contributed by atoms with Gasteiger partial charge in [-0.15, -0.1) is 0 Å². The van der Waals surface area contributed by atoms with Gasteiger partial charge in [0.15, 0.2) is 0 Å². The Balaban J connectivity index is 2.41. The van der Waals surface area contributed by atoms with Crippen molar-refractivity contribution in [2.75, 3.05) is 6.54 Å². The van der Waals surface area contributed by atoms with Crippen molar-refractivity contribution in [2.45, 2.75) is 39.2 Å². The Morgan fingerprint density at radius 3 is 2.82 bits per heavy atom. The average molecular weight is 228 g/mol. The highest BCUT2D eigenvalue weighted by Gasteiger charge is 2.29. The third-order valence-corrected chi connectivity index (χ3v) is 4.22. The third-order valence-electron chi connectivity index (χ3n) is 4.22. The van der Waals surface area contributed by atoms with E-state index in [4.69, 9.17) is 5.73 Å². The Morgan fingerprint density at radius 2 is 2.12 bits per heavy atom. The molecule has 2 N–H and O–H groups in total. The summed E-state index contributed by atoms with van der Waals surface area (Å²) in [7, 11) is 0. The first kappa shape index (κ1) is 10.8. The van der Waals surface area contributed by atoms with E-state index in [-0.39, 0.29) is 5.41 Å². The molecule has 1 aliphatic rings. The average Bonchev–Trinajstić information content (AvgIpc) is 2.84. The van der Waals surface area contributed by atoms with Crippen LogP contribution in [0.15, 0.2) is 18.2 Å². The predicted molar refractivity (Wildman–Crippen MR) is 72.5 cm³/mol. The molecule has 2 nitrogen and oxygen atoms in total. The van der Waals surface area contributed by atoms with Gasteiger partial charge in [0.05, 0.1) is 5.52 Å². The minimum atomic E-state index is 0.0591. The van der Waals surface area contributed by atoms with Crippen molar-refractivity contribution in [3.8, 4) is 0 Å². The second kappa shape index (κ2) is 3.36. The largest absolute Gasteiger partial charge is 0.344 e. The van der Waals surface area contributed by atoms with Gasteiger partial charge in [0.25, 0.3) is 0 Å². The molecule has 17 heavy (non-hydrogen) atoms. The highest BCUT2D eigenvalue weighted by molar-refractivity contribution is 5.90. The molecule has 0 aliphatic carbocycles. The third kappa shape index (κ3) is 1.31. The van der Waals surface area contributed by atoms with E-state index >= 15 is 0 Å². The highest BCUT2D eigenvalue weighted by atomic mass is 15.0. The van der Waals surface area contributed by atoms with Gasteiger partial charge in [0.2, 0.25) is 0 Å². The smallest absolute Gasteiger partial charge is 0.0518 e. The molecule has 1 aromatic carbocycles. The minimum absolute atomic E-state index is 0.0591. The van der Waals surface area contributed by atoms with Gasteiger partial charge in [0.1, 0.15) is 0 Å². The lowest BCUT2D eigenvalue weighted by Gasteiger charge is -2.24. The number of hydrogen-bond acceptors (Lipinski definition) is 1. The van der Waals surface area contributed by atoms with Crippen LogP contribution in [0.1, 0.15) is 30.7 Å². The summed E-state index contributed by atoms with van der Waals surface area (Å²) in [5.74, 6) is 0. The van der Waals surface area contributed by atoms with E-state index in [2.05, 4.69) is 43.5 Å². The van der Waals surface area contributed by atoms with E-state index in [1.165, 1.54) is 34.1 Å². The molecule has 0 bridgehead atoms. The number of aromatic nitrogens is 1. The summed E-state index contributed by atoms with van der Waals surface area (Å²) in [6.07, 6.45) is 1.18. The lowest BCUT2D eigenvalue weighted by Crippen LogP contribution is -2.29. The van der Waals surface area contributed by atoms with Gasteiger partial charge in [-0.3, -0.25) is 0 Å². The molecule has 2 heteroatoms. The van der Waals surface area contributed by atoms with Crippen LogP contribution in [0.3, 0.4) is 0 Å². The fourth-order valence-corrected chi connectivity index (χ4v) is 3.28. The van der Waals surface area contributed by atoms with Crippen LogP contribution in [0.2, 0.25) is 0 Å². The second-order valence-corrected chi connectivity index (χ2v) is 5.76.